The molecule has 98 valence electrons. The molecule has 1 aromatic heterocycles. The zero-order chi connectivity index (χ0) is 13.8. The number of hydrogen-bond donors (Lipinski definition) is 0. The molecule has 1 atom stereocenters. The van der Waals surface area contributed by atoms with Gasteiger partial charge in [-0.25, -0.2) is 9.97 Å². The number of carbonyl (C=O) groups is 1. The number of hydrogen-bond acceptors (Lipinski definition) is 4. The van der Waals surface area contributed by atoms with Crippen LogP contribution in [0.5, 0.6) is 0 Å². The molecule has 0 bridgehead atoms. The molecule has 0 amide bonds. The molecule has 5 heteroatoms. The molecule has 3 nitrogen and oxygen atoms in total. The number of ketones is 1. The molecule has 0 aliphatic rings. The summed E-state index contributed by atoms with van der Waals surface area (Å²) in [5.41, 5.74) is 1.50. The molecule has 1 aromatic carbocycles. The second-order valence-corrected chi connectivity index (χ2v) is 5.86. The van der Waals surface area contributed by atoms with Gasteiger partial charge in [0, 0.05) is 22.5 Å². The highest BCUT2D eigenvalue weighted by molar-refractivity contribution is 8.00. The minimum absolute atomic E-state index is 0.0256. The highest BCUT2D eigenvalue weighted by Crippen LogP contribution is 2.23. The van der Waals surface area contributed by atoms with Crippen molar-refractivity contribution >= 4 is 29.1 Å². The van der Waals surface area contributed by atoms with Crippen LogP contribution in [0, 0.1) is 6.92 Å². The van der Waals surface area contributed by atoms with Gasteiger partial charge >= 0.3 is 0 Å². The monoisotopic (exact) mass is 292 g/mol. The number of aromatic nitrogens is 2. The van der Waals surface area contributed by atoms with Crippen LogP contribution in [0.2, 0.25) is 5.02 Å². The summed E-state index contributed by atoms with van der Waals surface area (Å²) in [6, 6.07) is 8.80. The van der Waals surface area contributed by atoms with E-state index in [4.69, 9.17) is 11.6 Å². The number of rotatable bonds is 4. The Hall–Kier alpha value is -1.39. The normalized spacial score (nSPS) is 12.2. The molecule has 0 saturated heterocycles. The Balaban J connectivity index is 2.12. The van der Waals surface area contributed by atoms with Crippen LogP contribution >= 0.6 is 23.4 Å². The second-order valence-electron chi connectivity index (χ2n) is 4.12. The lowest BCUT2D eigenvalue weighted by Gasteiger charge is -2.09. The standard InChI is InChI=1S/C14H13ClN2OS/c1-9-6-7-16-14(17-9)19-10(2)13(18)11-4-3-5-12(15)8-11/h3-8,10H,1-2H3. The van der Waals surface area contributed by atoms with Crippen molar-refractivity contribution in [2.24, 2.45) is 0 Å². The summed E-state index contributed by atoms with van der Waals surface area (Å²) < 4.78 is 0. The predicted molar refractivity (Wildman–Crippen MR) is 77.9 cm³/mol. The second kappa shape index (κ2) is 6.17. The Morgan fingerprint density at radius 2 is 2.16 bits per heavy atom. The van der Waals surface area contributed by atoms with Crippen LogP contribution in [-0.4, -0.2) is 21.0 Å². The maximum Gasteiger partial charge on any atom is 0.188 e. The van der Waals surface area contributed by atoms with E-state index in [0.717, 1.165) is 5.69 Å². The van der Waals surface area contributed by atoms with Crippen LogP contribution in [0.3, 0.4) is 0 Å². The van der Waals surface area contributed by atoms with Crippen LogP contribution in [0.25, 0.3) is 0 Å². The molecule has 0 saturated carbocycles. The van der Waals surface area contributed by atoms with Crippen LogP contribution < -0.4 is 0 Å². The van der Waals surface area contributed by atoms with E-state index in [1.807, 2.05) is 19.9 Å². The summed E-state index contributed by atoms with van der Waals surface area (Å²) in [6.45, 7) is 3.74. The Labute approximate surface area is 121 Å². The summed E-state index contributed by atoms with van der Waals surface area (Å²) in [5, 5.41) is 0.929. The SMILES string of the molecule is Cc1ccnc(SC(C)C(=O)c2cccc(Cl)c2)n1. The van der Waals surface area contributed by atoms with Gasteiger partial charge in [0.05, 0.1) is 5.25 Å². The van der Waals surface area contributed by atoms with Gasteiger partial charge in [-0.2, -0.15) is 0 Å². The van der Waals surface area contributed by atoms with Gasteiger partial charge in [-0.1, -0.05) is 35.5 Å². The van der Waals surface area contributed by atoms with Crippen molar-refractivity contribution in [1.29, 1.82) is 0 Å². The molecule has 1 heterocycles. The van der Waals surface area contributed by atoms with Crippen LogP contribution in [0.4, 0.5) is 0 Å². The van der Waals surface area contributed by atoms with E-state index >= 15 is 0 Å². The Bertz CT molecular complexity index is 604. The first-order chi connectivity index (χ1) is 9.06. The minimum atomic E-state index is -0.250. The van der Waals surface area contributed by atoms with Gasteiger partial charge in [0.1, 0.15) is 0 Å². The van der Waals surface area contributed by atoms with Crippen molar-refractivity contribution < 1.29 is 4.79 Å². The lowest BCUT2D eigenvalue weighted by molar-refractivity contribution is 0.0994. The lowest BCUT2D eigenvalue weighted by Crippen LogP contribution is -2.14. The molecule has 2 aromatic rings. The Morgan fingerprint density at radius 1 is 1.37 bits per heavy atom. The number of nitrogens with zero attached hydrogens (tertiary/aromatic N) is 2. The molecule has 0 aliphatic carbocycles. The summed E-state index contributed by atoms with van der Waals surface area (Å²) in [6.07, 6.45) is 1.70. The van der Waals surface area contributed by atoms with E-state index in [0.29, 0.717) is 15.7 Å². The fraction of sp³-hybridized carbons (Fsp3) is 0.214. The molecule has 0 N–H and O–H groups in total. The van der Waals surface area contributed by atoms with Crippen molar-refractivity contribution in [2.75, 3.05) is 0 Å². The summed E-state index contributed by atoms with van der Waals surface area (Å²) in [4.78, 5) is 20.7. The van der Waals surface area contributed by atoms with Gasteiger partial charge in [0.2, 0.25) is 0 Å². The zero-order valence-electron chi connectivity index (χ0n) is 10.6. The summed E-state index contributed by atoms with van der Waals surface area (Å²) in [5.74, 6) is 0.0256. The van der Waals surface area contributed by atoms with Gasteiger partial charge < -0.3 is 0 Å². The van der Waals surface area contributed by atoms with E-state index in [9.17, 15) is 4.79 Å². The first kappa shape index (κ1) is 14.0. The van der Waals surface area contributed by atoms with Gasteiger partial charge in [0.25, 0.3) is 0 Å². The molecule has 0 fully saturated rings. The van der Waals surface area contributed by atoms with Crippen molar-refractivity contribution in [3.8, 4) is 0 Å². The Morgan fingerprint density at radius 3 is 2.84 bits per heavy atom. The number of benzene rings is 1. The van der Waals surface area contributed by atoms with Gasteiger partial charge in [0.15, 0.2) is 10.9 Å². The average Bonchev–Trinajstić information content (AvgIpc) is 2.38. The van der Waals surface area contributed by atoms with Gasteiger partial charge in [-0.15, -0.1) is 0 Å². The number of thioether (sulfide) groups is 1. The number of carbonyl (C=O) groups excluding carboxylic acids is 1. The van der Waals surface area contributed by atoms with Crippen molar-refractivity contribution in [1.82, 2.24) is 9.97 Å². The van der Waals surface area contributed by atoms with Crippen molar-refractivity contribution in [3.63, 3.8) is 0 Å². The largest absolute Gasteiger partial charge is 0.293 e. The molecule has 0 spiro atoms. The van der Waals surface area contributed by atoms with Gasteiger partial charge in [-0.05, 0) is 32.0 Å². The first-order valence-corrected chi connectivity index (χ1v) is 7.08. The molecule has 0 radical (unpaired) electrons. The molecule has 1 unspecified atom stereocenters. The molecular weight excluding hydrogens is 280 g/mol. The van der Waals surface area contributed by atoms with Crippen molar-refractivity contribution in [2.45, 2.75) is 24.3 Å². The average molecular weight is 293 g/mol. The number of halogens is 1. The van der Waals surface area contributed by atoms with Crippen LogP contribution in [-0.2, 0) is 0 Å². The summed E-state index contributed by atoms with van der Waals surface area (Å²) >= 11 is 7.24. The first-order valence-electron chi connectivity index (χ1n) is 5.82. The topological polar surface area (TPSA) is 42.9 Å². The van der Waals surface area contributed by atoms with Crippen LogP contribution in [0.15, 0.2) is 41.7 Å². The highest BCUT2D eigenvalue weighted by Gasteiger charge is 2.18. The molecular formula is C14H13ClN2OS. The maximum absolute atomic E-state index is 12.3. The van der Waals surface area contributed by atoms with E-state index < -0.39 is 0 Å². The van der Waals surface area contributed by atoms with E-state index in [1.165, 1.54) is 11.8 Å². The molecule has 2 rings (SSSR count). The zero-order valence-corrected chi connectivity index (χ0v) is 12.2. The fourth-order valence-electron chi connectivity index (χ4n) is 1.57. The third-order valence-corrected chi connectivity index (χ3v) is 3.74. The molecule has 0 aliphatic heterocycles. The fourth-order valence-corrected chi connectivity index (χ4v) is 2.64. The quantitative estimate of drug-likeness (QED) is 0.488. The number of aryl methyl sites for hydroxylation is 1. The van der Waals surface area contributed by atoms with Crippen molar-refractivity contribution in [3.05, 3.63) is 52.8 Å². The van der Waals surface area contributed by atoms with E-state index in [1.54, 1.807) is 30.5 Å². The minimum Gasteiger partial charge on any atom is -0.293 e. The van der Waals surface area contributed by atoms with E-state index in [2.05, 4.69) is 9.97 Å². The van der Waals surface area contributed by atoms with Gasteiger partial charge in [-0.3, -0.25) is 4.79 Å². The van der Waals surface area contributed by atoms with E-state index in [-0.39, 0.29) is 11.0 Å². The third-order valence-electron chi connectivity index (χ3n) is 2.53. The smallest absolute Gasteiger partial charge is 0.188 e. The Kier molecular flexibility index (Phi) is 4.56. The highest BCUT2D eigenvalue weighted by atomic mass is 35.5. The van der Waals surface area contributed by atoms with Crippen LogP contribution in [0.1, 0.15) is 23.0 Å². The lowest BCUT2D eigenvalue weighted by atomic mass is 10.1. The summed E-state index contributed by atoms with van der Waals surface area (Å²) in [7, 11) is 0. The number of Topliss-reactive ketones (excluding diaryl/α,β-unsaturated/α-hetero) is 1. The maximum atomic E-state index is 12.3. The third kappa shape index (κ3) is 3.78. The predicted octanol–water partition coefficient (Wildman–Crippen LogP) is 3.80. The molecule has 19 heavy (non-hydrogen) atoms.